The Balaban J connectivity index is 1.50. The summed E-state index contributed by atoms with van der Waals surface area (Å²) in [5.74, 6) is 0.906. The molecule has 0 aromatic heterocycles. The summed E-state index contributed by atoms with van der Waals surface area (Å²) in [6.45, 7) is 4.64. The quantitative estimate of drug-likeness (QED) is 0.566. The number of amides is 1. The largest absolute Gasteiger partial charge is 0.457 e. The number of carbonyl (C=O) groups is 1. The topological polar surface area (TPSA) is 65.4 Å². The number of nitrogens with zero attached hydrogens (tertiary/aromatic N) is 2. The zero-order valence-electron chi connectivity index (χ0n) is 18.0. The predicted octanol–water partition coefficient (Wildman–Crippen LogP) is 5.20. The minimum absolute atomic E-state index is 0.0336. The lowest BCUT2D eigenvalue weighted by Crippen LogP contribution is -2.44. The number of halogens is 1. The van der Waals surface area contributed by atoms with E-state index in [0.717, 1.165) is 11.1 Å². The van der Waals surface area contributed by atoms with Gasteiger partial charge in [0.1, 0.15) is 17.3 Å². The van der Waals surface area contributed by atoms with E-state index in [-0.39, 0.29) is 29.7 Å². The molecule has 1 saturated heterocycles. The highest BCUT2D eigenvalue weighted by Crippen LogP contribution is 2.33. The Hall–Kier alpha value is -3.85. The van der Waals surface area contributed by atoms with E-state index in [0.29, 0.717) is 23.6 Å². The molecule has 162 valence electrons. The van der Waals surface area contributed by atoms with Gasteiger partial charge in [0.2, 0.25) is 0 Å². The third-order valence-corrected chi connectivity index (χ3v) is 5.92. The Morgan fingerprint density at radius 1 is 1.06 bits per heavy atom. The molecule has 6 heteroatoms. The maximum absolute atomic E-state index is 13.2. The lowest BCUT2D eigenvalue weighted by molar-refractivity contribution is 0.0924. The Morgan fingerprint density at radius 3 is 2.41 bits per heavy atom. The second-order valence-electron chi connectivity index (χ2n) is 8.10. The highest BCUT2D eigenvalue weighted by atomic mass is 19.1. The standard InChI is InChI=1S/C26H24FN3O2/c1-17-15-30(16-28)18(2)25(17)29-26(31)20-9-7-19(8-10-20)23-5-3-4-6-24(23)32-22-13-11-21(27)12-14-22/h3-14,17-18,25H,15H2,1-2H3,(H,29,31)/t17?,18?,25-/m1/s1. The molecule has 0 radical (unpaired) electrons. The molecule has 1 heterocycles. The molecule has 1 amide bonds. The molecule has 5 nitrogen and oxygen atoms in total. The van der Waals surface area contributed by atoms with Crippen LogP contribution in [0.5, 0.6) is 11.5 Å². The van der Waals surface area contributed by atoms with Crippen molar-refractivity contribution in [1.29, 1.82) is 5.26 Å². The summed E-state index contributed by atoms with van der Waals surface area (Å²) in [6.07, 6.45) is 2.19. The molecule has 4 rings (SSSR count). The number of rotatable bonds is 5. The second kappa shape index (κ2) is 9.11. The average molecular weight is 429 g/mol. The Labute approximate surface area is 187 Å². The van der Waals surface area contributed by atoms with Crippen molar-refractivity contribution in [3.8, 4) is 28.8 Å². The molecule has 3 atom stereocenters. The molecule has 3 aromatic carbocycles. The van der Waals surface area contributed by atoms with E-state index >= 15 is 0 Å². The van der Waals surface area contributed by atoms with E-state index in [2.05, 4.69) is 11.5 Å². The van der Waals surface area contributed by atoms with Gasteiger partial charge in [0.25, 0.3) is 5.91 Å². The fourth-order valence-electron chi connectivity index (χ4n) is 4.11. The third kappa shape index (κ3) is 4.42. The molecule has 1 aliphatic heterocycles. The van der Waals surface area contributed by atoms with Crippen molar-refractivity contribution < 1.29 is 13.9 Å². The minimum Gasteiger partial charge on any atom is -0.457 e. The maximum atomic E-state index is 13.2. The summed E-state index contributed by atoms with van der Waals surface area (Å²) in [5, 5.41) is 12.3. The molecule has 0 saturated carbocycles. The first-order valence-electron chi connectivity index (χ1n) is 10.6. The normalized spacial score (nSPS) is 19.9. The van der Waals surface area contributed by atoms with Crippen LogP contribution in [-0.2, 0) is 0 Å². The van der Waals surface area contributed by atoms with Gasteiger partial charge in [-0.05, 0) is 60.9 Å². The summed E-state index contributed by atoms with van der Waals surface area (Å²) < 4.78 is 19.1. The molecule has 32 heavy (non-hydrogen) atoms. The van der Waals surface area contributed by atoms with Crippen LogP contribution in [0.2, 0.25) is 0 Å². The van der Waals surface area contributed by atoms with Gasteiger partial charge >= 0.3 is 0 Å². The predicted molar refractivity (Wildman–Crippen MR) is 121 cm³/mol. The summed E-state index contributed by atoms with van der Waals surface area (Å²) in [6, 6.07) is 20.7. The second-order valence-corrected chi connectivity index (χ2v) is 8.10. The number of nitriles is 1. The first-order valence-corrected chi connectivity index (χ1v) is 10.6. The van der Waals surface area contributed by atoms with Crippen molar-refractivity contribution in [2.24, 2.45) is 5.92 Å². The summed E-state index contributed by atoms with van der Waals surface area (Å²) in [5.41, 5.74) is 2.32. The number of para-hydroxylation sites is 1. The molecule has 1 fully saturated rings. The van der Waals surface area contributed by atoms with Crippen LogP contribution < -0.4 is 10.1 Å². The summed E-state index contributed by atoms with van der Waals surface area (Å²) in [4.78, 5) is 14.5. The van der Waals surface area contributed by atoms with Crippen LogP contribution in [0.15, 0.2) is 72.8 Å². The van der Waals surface area contributed by atoms with Crippen molar-refractivity contribution in [1.82, 2.24) is 10.2 Å². The van der Waals surface area contributed by atoms with Crippen LogP contribution >= 0.6 is 0 Å². The summed E-state index contributed by atoms with van der Waals surface area (Å²) >= 11 is 0. The maximum Gasteiger partial charge on any atom is 0.251 e. The van der Waals surface area contributed by atoms with E-state index in [1.54, 1.807) is 29.2 Å². The van der Waals surface area contributed by atoms with Gasteiger partial charge in [-0.2, -0.15) is 5.26 Å². The first kappa shape index (κ1) is 21.4. The molecule has 1 N–H and O–H groups in total. The van der Waals surface area contributed by atoms with Gasteiger partial charge in [0.15, 0.2) is 6.19 Å². The number of ether oxygens (including phenoxy) is 1. The lowest BCUT2D eigenvalue weighted by atomic mass is 10.00. The molecule has 0 spiro atoms. The number of hydrogen-bond donors (Lipinski definition) is 1. The first-order chi connectivity index (χ1) is 15.5. The van der Waals surface area contributed by atoms with Crippen LogP contribution in [0.1, 0.15) is 24.2 Å². The van der Waals surface area contributed by atoms with E-state index in [1.165, 1.54) is 12.1 Å². The molecule has 0 aliphatic carbocycles. The monoisotopic (exact) mass is 429 g/mol. The van der Waals surface area contributed by atoms with Crippen LogP contribution in [0.4, 0.5) is 4.39 Å². The van der Waals surface area contributed by atoms with Gasteiger partial charge in [-0.25, -0.2) is 4.39 Å². The number of carbonyl (C=O) groups excluding carboxylic acids is 1. The Kier molecular flexibility index (Phi) is 6.09. The zero-order valence-corrected chi connectivity index (χ0v) is 18.0. The average Bonchev–Trinajstić information content (AvgIpc) is 3.08. The van der Waals surface area contributed by atoms with Gasteiger partial charge in [-0.1, -0.05) is 37.3 Å². The molecule has 2 unspecified atom stereocenters. The SMILES string of the molecule is CC1CN(C#N)C(C)[C@@H]1NC(=O)c1ccc(-c2ccccc2Oc2ccc(F)cc2)cc1. The smallest absolute Gasteiger partial charge is 0.251 e. The van der Waals surface area contributed by atoms with Crippen molar-refractivity contribution in [2.45, 2.75) is 25.9 Å². The fraction of sp³-hybridized carbons (Fsp3) is 0.231. The molecule has 1 aliphatic rings. The van der Waals surface area contributed by atoms with Crippen molar-refractivity contribution in [2.75, 3.05) is 6.54 Å². The van der Waals surface area contributed by atoms with Crippen LogP contribution in [0.25, 0.3) is 11.1 Å². The van der Waals surface area contributed by atoms with Crippen molar-refractivity contribution >= 4 is 5.91 Å². The van der Waals surface area contributed by atoms with Crippen molar-refractivity contribution in [3.05, 3.63) is 84.2 Å². The van der Waals surface area contributed by atoms with E-state index in [1.807, 2.05) is 50.2 Å². The van der Waals surface area contributed by atoms with Gasteiger partial charge < -0.3 is 15.0 Å². The van der Waals surface area contributed by atoms with Gasteiger partial charge in [-0.15, -0.1) is 0 Å². The molecular weight excluding hydrogens is 405 g/mol. The van der Waals surface area contributed by atoms with Gasteiger partial charge in [-0.3, -0.25) is 4.79 Å². The number of nitrogens with one attached hydrogen (secondary N) is 1. The van der Waals surface area contributed by atoms with Crippen LogP contribution in [-0.4, -0.2) is 29.4 Å². The number of benzene rings is 3. The van der Waals surface area contributed by atoms with E-state index < -0.39 is 0 Å². The van der Waals surface area contributed by atoms with E-state index in [9.17, 15) is 14.4 Å². The van der Waals surface area contributed by atoms with Gasteiger partial charge in [0, 0.05) is 17.7 Å². The van der Waals surface area contributed by atoms with Crippen molar-refractivity contribution in [3.63, 3.8) is 0 Å². The highest BCUT2D eigenvalue weighted by Gasteiger charge is 2.37. The van der Waals surface area contributed by atoms with Crippen LogP contribution in [0, 0.1) is 23.2 Å². The Morgan fingerprint density at radius 2 is 1.75 bits per heavy atom. The number of hydrogen-bond acceptors (Lipinski definition) is 4. The lowest BCUT2D eigenvalue weighted by Gasteiger charge is -2.22. The zero-order chi connectivity index (χ0) is 22.7. The Bertz CT molecular complexity index is 1140. The molecular formula is C26H24FN3O2. The minimum atomic E-state index is -0.318. The highest BCUT2D eigenvalue weighted by molar-refractivity contribution is 5.95. The summed E-state index contributed by atoms with van der Waals surface area (Å²) in [7, 11) is 0. The van der Waals surface area contributed by atoms with E-state index in [4.69, 9.17) is 4.74 Å². The third-order valence-electron chi connectivity index (χ3n) is 5.92. The van der Waals surface area contributed by atoms with Crippen LogP contribution in [0.3, 0.4) is 0 Å². The van der Waals surface area contributed by atoms with Gasteiger partial charge in [0.05, 0.1) is 12.1 Å². The number of likely N-dealkylation sites (tertiary alicyclic amines) is 1. The molecule has 0 bridgehead atoms. The fourth-order valence-corrected chi connectivity index (χ4v) is 4.11. The molecule has 3 aromatic rings.